The molecule has 35 heavy (non-hydrogen) atoms. The first-order valence-electron chi connectivity index (χ1n) is 10.7. The Morgan fingerprint density at radius 3 is 2.31 bits per heavy atom. The van der Waals surface area contributed by atoms with E-state index in [1.54, 1.807) is 12.1 Å². The Morgan fingerprint density at radius 2 is 1.71 bits per heavy atom. The summed E-state index contributed by atoms with van der Waals surface area (Å²) in [6.07, 6.45) is 1.05. The maximum absolute atomic E-state index is 13.0. The van der Waals surface area contributed by atoms with Crippen molar-refractivity contribution in [1.82, 2.24) is 14.6 Å². The van der Waals surface area contributed by atoms with Gasteiger partial charge in [-0.25, -0.2) is 21.6 Å². The smallest absolute Gasteiger partial charge is 0.404 e. The standard InChI is InChI=1S/C22H23N5O6S2/c1-14-2-7-19(21-20(14)15(12-23)13-24-21)26-34(30,31)17-3-5-18(6-4-17)35(32,33)27-10-8-16(9-11-27)25-22(28)29/h2-7,13,16,24-26H,8-11H2,1H3,(H,28,29). The third-order valence-electron chi connectivity index (χ3n) is 5.96. The van der Waals surface area contributed by atoms with Gasteiger partial charge >= 0.3 is 6.09 Å². The number of nitriles is 1. The van der Waals surface area contributed by atoms with Gasteiger partial charge in [-0.2, -0.15) is 9.57 Å². The van der Waals surface area contributed by atoms with Crippen LogP contribution in [0.2, 0.25) is 0 Å². The summed E-state index contributed by atoms with van der Waals surface area (Å²) < 4.78 is 55.7. The van der Waals surface area contributed by atoms with E-state index in [2.05, 4.69) is 21.1 Å². The first kappa shape index (κ1) is 24.5. The number of fused-ring (bicyclic) bond motifs is 1. The van der Waals surface area contributed by atoms with Crippen LogP contribution in [0.5, 0.6) is 0 Å². The van der Waals surface area contributed by atoms with E-state index in [9.17, 15) is 26.9 Å². The number of H-pyrrole nitrogens is 1. The van der Waals surface area contributed by atoms with Crippen molar-refractivity contribution in [2.45, 2.75) is 35.6 Å². The SMILES string of the molecule is Cc1ccc(NS(=O)(=O)c2ccc(S(=O)(=O)N3CCC(NC(=O)O)CC3)cc2)c2[nH]cc(C#N)c12. The molecule has 11 nitrogen and oxygen atoms in total. The predicted octanol–water partition coefficient (Wildman–Crippen LogP) is 2.57. The van der Waals surface area contributed by atoms with E-state index in [4.69, 9.17) is 5.11 Å². The van der Waals surface area contributed by atoms with E-state index in [0.717, 1.165) is 5.56 Å². The first-order valence-corrected chi connectivity index (χ1v) is 13.6. The number of amides is 1. The largest absolute Gasteiger partial charge is 0.465 e. The Morgan fingerprint density at radius 1 is 1.09 bits per heavy atom. The number of rotatable bonds is 6. The molecule has 0 spiro atoms. The summed E-state index contributed by atoms with van der Waals surface area (Å²) >= 11 is 0. The van der Waals surface area contributed by atoms with Crippen molar-refractivity contribution in [2.75, 3.05) is 17.8 Å². The Labute approximate surface area is 202 Å². The second kappa shape index (κ2) is 9.21. The van der Waals surface area contributed by atoms with Crippen LogP contribution in [0.25, 0.3) is 10.9 Å². The molecule has 0 unspecified atom stereocenters. The van der Waals surface area contributed by atoms with Crippen LogP contribution in [0.15, 0.2) is 52.4 Å². The molecule has 2 aromatic carbocycles. The van der Waals surface area contributed by atoms with Gasteiger partial charge in [0.2, 0.25) is 10.0 Å². The average Bonchev–Trinajstić information content (AvgIpc) is 3.26. The number of carboxylic acid groups (broad SMARTS) is 1. The second-order valence-electron chi connectivity index (χ2n) is 8.20. The van der Waals surface area contributed by atoms with Gasteiger partial charge in [-0.05, 0) is 55.7 Å². The molecule has 1 saturated heterocycles. The number of sulfonamides is 2. The van der Waals surface area contributed by atoms with Gasteiger partial charge in [0, 0.05) is 30.7 Å². The fourth-order valence-electron chi connectivity index (χ4n) is 4.15. The first-order chi connectivity index (χ1) is 16.5. The number of hydrogen-bond donors (Lipinski definition) is 4. The van der Waals surface area contributed by atoms with E-state index >= 15 is 0 Å². The zero-order chi connectivity index (χ0) is 25.4. The quantitative estimate of drug-likeness (QED) is 0.389. The van der Waals surface area contributed by atoms with Crippen molar-refractivity contribution in [2.24, 2.45) is 0 Å². The highest BCUT2D eigenvalue weighted by Crippen LogP contribution is 2.30. The summed E-state index contributed by atoms with van der Waals surface area (Å²) in [5.41, 5.74) is 1.96. The normalized spacial score (nSPS) is 15.5. The van der Waals surface area contributed by atoms with Gasteiger partial charge in [0.05, 0.1) is 26.6 Å². The molecule has 4 N–H and O–H groups in total. The van der Waals surface area contributed by atoms with Crippen LogP contribution in [0.4, 0.5) is 10.5 Å². The molecule has 0 atom stereocenters. The molecular formula is C22H23N5O6S2. The van der Waals surface area contributed by atoms with Gasteiger partial charge in [0.25, 0.3) is 10.0 Å². The number of aromatic nitrogens is 1. The van der Waals surface area contributed by atoms with Crippen molar-refractivity contribution in [3.63, 3.8) is 0 Å². The van der Waals surface area contributed by atoms with Crippen LogP contribution in [-0.4, -0.2) is 56.5 Å². The molecule has 2 heterocycles. The average molecular weight is 518 g/mol. The molecule has 0 saturated carbocycles. The molecular weight excluding hydrogens is 494 g/mol. The van der Waals surface area contributed by atoms with Crippen LogP contribution >= 0.6 is 0 Å². The number of nitrogens with one attached hydrogen (secondary N) is 3. The van der Waals surface area contributed by atoms with Crippen molar-refractivity contribution < 1.29 is 26.7 Å². The second-order valence-corrected chi connectivity index (χ2v) is 11.8. The summed E-state index contributed by atoms with van der Waals surface area (Å²) in [5.74, 6) is 0. The maximum Gasteiger partial charge on any atom is 0.404 e. The van der Waals surface area contributed by atoms with E-state index < -0.39 is 26.1 Å². The molecule has 0 bridgehead atoms. The minimum Gasteiger partial charge on any atom is -0.465 e. The third-order valence-corrected chi connectivity index (χ3v) is 9.26. The number of hydrogen-bond acceptors (Lipinski definition) is 6. The molecule has 1 aromatic heterocycles. The minimum absolute atomic E-state index is 0.0538. The Kier molecular flexibility index (Phi) is 6.46. The molecule has 1 aliphatic heterocycles. The van der Waals surface area contributed by atoms with E-state index in [0.29, 0.717) is 29.3 Å². The fourth-order valence-corrected chi connectivity index (χ4v) is 6.69. The lowest BCUT2D eigenvalue weighted by atomic mass is 10.1. The predicted molar refractivity (Wildman–Crippen MR) is 128 cm³/mol. The molecule has 184 valence electrons. The number of aryl methyl sites for hydroxylation is 1. The van der Waals surface area contributed by atoms with Crippen LogP contribution in [-0.2, 0) is 20.0 Å². The summed E-state index contributed by atoms with van der Waals surface area (Å²) in [6, 6.07) is 9.96. The number of aromatic amines is 1. The number of carbonyl (C=O) groups is 1. The van der Waals surface area contributed by atoms with Crippen LogP contribution < -0.4 is 10.0 Å². The van der Waals surface area contributed by atoms with Crippen molar-refractivity contribution in [1.29, 1.82) is 5.26 Å². The molecule has 3 aromatic rings. The van der Waals surface area contributed by atoms with Gasteiger partial charge < -0.3 is 15.4 Å². The third kappa shape index (κ3) is 4.81. The lowest BCUT2D eigenvalue weighted by molar-refractivity contribution is 0.183. The molecule has 1 aliphatic rings. The maximum atomic E-state index is 13.0. The Balaban J connectivity index is 1.53. The number of anilines is 1. The molecule has 1 amide bonds. The van der Waals surface area contributed by atoms with Gasteiger partial charge in [0.15, 0.2) is 0 Å². The van der Waals surface area contributed by atoms with Gasteiger partial charge in [-0.3, -0.25) is 4.72 Å². The summed E-state index contributed by atoms with van der Waals surface area (Å²) in [4.78, 5) is 13.5. The van der Waals surface area contributed by atoms with Gasteiger partial charge in [-0.15, -0.1) is 0 Å². The fraction of sp³-hybridized carbons (Fsp3) is 0.273. The molecule has 4 rings (SSSR count). The lowest BCUT2D eigenvalue weighted by Gasteiger charge is -2.31. The molecule has 13 heteroatoms. The highest BCUT2D eigenvalue weighted by Gasteiger charge is 2.30. The molecule has 1 fully saturated rings. The van der Waals surface area contributed by atoms with Crippen LogP contribution in [0.3, 0.4) is 0 Å². The lowest BCUT2D eigenvalue weighted by Crippen LogP contribution is -2.46. The number of nitrogens with zero attached hydrogens (tertiary/aromatic N) is 2. The summed E-state index contributed by atoms with van der Waals surface area (Å²) in [5, 5.41) is 21.1. The van der Waals surface area contributed by atoms with E-state index in [1.165, 1.54) is 34.8 Å². The molecule has 0 radical (unpaired) electrons. The van der Waals surface area contributed by atoms with Crippen molar-refractivity contribution in [3.05, 3.63) is 53.7 Å². The number of benzene rings is 2. The zero-order valence-corrected chi connectivity index (χ0v) is 20.3. The zero-order valence-electron chi connectivity index (χ0n) is 18.6. The topological polar surface area (TPSA) is 172 Å². The van der Waals surface area contributed by atoms with Gasteiger partial charge in [-0.1, -0.05) is 6.07 Å². The number of piperidine rings is 1. The van der Waals surface area contributed by atoms with Crippen LogP contribution in [0, 0.1) is 18.3 Å². The highest BCUT2D eigenvalue weighted by molar-refractivity contribution is 7.92. The monoisotopic (exact) mass is 517 g/mol. The van der Waals surface area contributed by atoms with Gasteiger partial charge in [0.1, 0.15) is 6.07 Å². The van der Waals surface area contributed by atoms with Crippen molar-refractivity contribution in [3.8, 4) is 6.07 Å². The summed E-state index contributed by atoms with van der Waals surface area (Å²) in [7, 11) is -7.91. The highest BCUT2D eigenvalue weighted by atomic mass is 32.2. The summed E-state index contributed by atoms with van der Waals surface area (Å²) in [6.45, 7) is 2.12. The van der Waals surface area contributed by atoms with E-state index in [-0.39, 0.29) is 34.6 Å². The Bertz CT molecular complexity index is 1530. The van der Waals surface area contributed by atoms with Crippen molar-refractivity contribution >= 4 is 42.7 Å². The Hall–Kier alpha value is -3.60. The van der Waals surface area contributed by atoms with E-state index in [1.807, 2.05) is 6.92 Å². The molecule has 0 aliphatic carbocycles. The minimum atomic E-state index is -4.05. The van der Waals surface area contributed by atoms with Crippen LogP contribution in [0.1, 0.15) is 24.0 Å².